The second kappa shape index (κ2) is 15.9. The van der Waals surface area contributed by atoms with Crippen molar-refractivity contribution in [3.8, 4) is 5.75 Å². The number of anilines is 1. The van der Waals surface area contributed by atoms with E-state index in [9.17, 15) is 14.7 Å². The molecule has 246 valence electrons. The average Bonchev–Trinajstić information content (AvgIpc) is 3.66. The number of hydrogen-bond donors (Lipinski definition) is 4. The smallest absolute Gasteiger partial charge is 0.407 e. The third kappa shape index (κ3) is 8.99. The third-order valence-corrected chi connectivity index (χ3v) is 8.62. The number of alkyl carbamates (subject to hydrolysis) is 1. The number of hydrogen-bond acceptors (Lipinski definition) is 8. The maximum atomic E-state index is 13.2. The van der Waals surface area contributed by atoms with Gasteiger partial charge in [0.15, 0.2) is 12.9 Å². The van der Waals surface area contributed by atoms with E-state index in [0.29, 0.717) is 25.2 Å². The summed E-state index contributed by atoms with van der Waals surface area (Å²) in [5.74, 6) is 0.374. The van der Waals surface area contributed by atoms with Gasteiger partial charge in [-0.15, -0.1) is 0 Å². The molecule has 10 nitrogen and oxygen atoms in total. The number of fused-ring (bicyclic) bond motifs is 1. The van der Waals surface area contributed by atoms with E-state index in [1.807, 2.05) is 93.7 Å². The van der Waals surface area contributed by atoms with E-state index in [4.69, 9.17) is 18.9 Å². The molecule has 5 rings (SSSR count). The maximum Gasteiger partial charge on any atom is 0.407 e. The van der Waals surface area contributed by atoms with Crippen molar-refractivity contribution in [2.45, 2.75) is 70.1 Å². The lowest BCUT2D eigenvalue weighted by Crippen LogP contribution is -2.50. The summed E-state index contributed by atoms with van der Waals surface area (Å²) in [4.78, 5) is 26.4. The number of benzene rings is 3. The molecule has 0 radical (unpaired) electrons. The van der Waals surface area contributed by atoms with Crippen LogP contribution in [0.1, 0.15) is 35.1 Å². The monoisotopic (exact) mass is 631 g/mol. The van der Waals surface area contributed by atoms with Crippen molar-refractivity contribution in [1.82, 2.24) is 10.6 Å². The average molecular weight is 632 g/mol. The van der Waals surface area contributed by atoms with Crippen molar-refractivity contribution in [3.05, 3.63) is 95.1 Å². The first-order chi connectivity index (χ1) is 22.3. The van der Waals surface area contributed by atoms with E-state index in [1.165, 1.54) is 0 Å². The minimum atomic E-state index is -0.997. The van der Waals surface area contributed by atoms with Crippen molar-refractivity contribution in [1.29, 1.82) is 0 Å². The molecule has 3 aromatic rings. The van der Waals surface area contributed by atoms with Crippen LogP contribution in [0.3, 0.4) is 0 Å². The Balaban J connectivity index is 1.26. The molecule has 2 heterocycles. The molecule has 2 amide bonds. The molecule has 0 aliphatic carbocycles. The Morgan fingerprint density at radius 3 is 2.24 bits per heavy atom. The van der Waals surface area contributed by atoms with Crippen LogP contribution in [0.5, 0.6) is 5.75 Å². The summed E-state index contributed by atoms with van der Waals surface area (Å²) >= 11 is 0. The number of amides is 2. The summed E-state index contributed by atoms with van der Waals surface area (Å²) in [5, 5.41) is 20.7. The van der Waals surface area contributed by atoms with Crippen molar-refractivity contribution >= 4 is 17.7 Å². The molecule has 2 fully saturated rings. The van der Waals surface area contributed by atoms with Crippen LogP contribution in [0, 0.1) is 19.8 Å². The molecule has 0 aromatic heterocycles. The maximum absolute atomic E-state index is 13.2. The number of ether oxygens (including phenoxy) is 4. The third-order valence-electron chi connectivity index (χ3n) is 8.62. The number of aliphatic hydroxyl groups excluding tert-OH is 1. The summed E-state index contributed by atoms with van der Waals surface area (Å²) in [6.07, 6.45) is -0.531. The summed E-state index contributed by atoms with van der Waals surface area (Å²) in [7, 11) is 1.86. The molecular weight excluding hydrogens is 586 g/mol. The van der Waals surface area contributed by atoms with Gasteiger partial charge in [0.05, 0.1) is 31.3 Å². The topological polar surface area (TPSA) is 127 Å². The Bertz CT molecular complexity index is 1420. The van der Waals surface area contributed by atoms with Gasteiger partial charge in [0.2, 0.25) is 0 Å². The zero-order valence-corrected chi connectivity index (χ0v) is 26.7. The lowest BCUT2D eigenvalue weighted by molar-refractivity contribution is -0.124. The molecule has 4 N–H and O–H groups in total. The molecule has 0 spiro atoms. The summed E-state index contributed by atoms with van der Waals surface area (Å²) in [6, 6.07) is 22.3. The van der Waals surface area contributed by atoms with Crippen LogP contribution >= 0.6 is 0 Å². The van der Waals surface area contributed by atoms with Crippen molar-refractivity contribution in [2.75, 3.05) is 32.2 Å². The highest BCUT2D eigenvalue weighted by Crippen LogP contribution is 2.33. The van der Waals surface area contributed by atoms with Crippen molar-refractivity contribution in [2.24, 2.45) is 5.92 Å². The highest BCUT2D eigenvalue weighted by Gasteiger charge is 2.44. The molecule has 0 unspecified atom stereocenters. The minimum Gasteiger partial charge on any atom is -0.483 e. The van der Waals surface area contributed by atoms with Crippen LogP contribution in [0.2, 0.25) is 0 Å². The summed E-state index contributed by atoms with van der Waals surface area (Å²) in [6.45, 7) is 4.57. The van der Waals surface area contributed by atoms with Gasteiger partial charge in [-0.3, -0.25) is 4.79 Å². The van der Waals surface area contributed by atoms with Crippen LogP contribution in [0.15, 0.2) is 72.8 Å². The van der Waals surface area contributed by atoms with E-state index in [0.717, 1.165) is 34.4 Å². The molecule has 6 atom stereocenters. The Morgan fingerprint density at radius 2 is 1.59 bits per heavy atom. The predicted octanol–water partition coefficient (Wildman–Crippen LogP) is 4.30. The minimum absolute atomic E-state index is 0.00440. The normalized spacial score (nSPS) is 20.7. The van der Waals surface area contributed by atoms with E-state index in [-0.39, 0.29) is 37.7 Å². The molecule has 2 saturated heterocycles. The van der Waals surface area contributed by atoms with Gasteiger partial charge in [0, 0.05) is 18.8 Å². The lowest BCUT2D eigenvalue weighted by atomic mass is 9.93. The second-order valence-electron chi connectivity index (χ2n) is 12.1. The fourth-order valence-electron chi connectivity index (χ4n) is 6.30. The van der Waals surface area contributed by atoms with Gasteiger partial charge in [0.1, 0.15) is 11.9 Å². The molecule has 46 heavy (non-hydrogen) atoms. The number of rotatable bonds is 14. The van der Waals surface area contributed by atoms with Gasteiger partial charge < -0.3 is 40.0 Å². The molecular formula is C36H45N3O7. The van der Waals surface area contributed by atoms with Gasteiger partial charge >= 0.3 is 6.09 Å². The van der Waals surface area contributed by atoms with Crippen molar-refractivity contribution < 1.29 is 33.6 Å². The summed E-state index contributed by atoms with van der Waals surface area (Å²) in [5.41, 5.74) is 4.79. The Labute approximate surface area is 270 Å². The van der Waals surface area contributed by atoms with Crippen LogP contribution in [-0.2, 0) is 31.8 Å². The predicted molar refractivity (Wildman–Crippen MR) is 175 cm³/mol. The number of nitrogens with one attached hydrogen (secondary N) is 3. The fraction of sp³-hybridized carbons (Fsp3) is 0.444. The van der Waals surface area contributed by atoms with Gasteiger partial charge in [-0.2, -0.15) is 0 Å². The van der Waals surface area contributed by atoms with Gasteiger partial charge in [0.25, 0.3) is 5.91 Å². The first kappa shape index (κ1) is 33.2. The Kier molecular flexibility index (Phi) is 11.5. The van der Waals surface area contributed by atoms with E-state index in [1.54, 1.807) is 0 Å². The molecule has 10 heteroatoms. The Hall–Kier alpha value is -4.12. The van der Waals surface area contributed by atoms with E-state index < -0.39 is 30.4 Å². The number of aryl methyl sites for hydroxylation is 2. The van der Waals surface area contributed by atoms with Crippen LogP contribution < -0.4 is 20.7 Å². The van der Waals surface area contributed by atoms with Crippen LogP contribution in [-0.4, -0.2) is 74.6 Å². The highest BCUT2D eigenvalue weighted by atomic mass is 16.7. The lowest BCUT2D eigenvalue weighted by Gasteiger charge is -2.29. The zero-order valence-electron chi connectivity index (χ0n) is 26.7. The van der Waals surface area contributed by atoms with E-state index in [2.05, 4.69) is 16.0 Å². The van der Waals surface area contributed by atoms with Crippen LogP contribution in [0.4, 0.5) is 10.5 Å². The first-order valence-electron chi connectivity index (χ1n) is 16.0. The molecule has 2 aliphatic rings. The fourth-order valence-corrected chi connectivity index (χ4v) is 6.30. The quantitative estimate of drug-likeness (QED) is 0.208. The second-order valence-corrected chi connectivity index (χ2v) is 12.1. The van der Waals surface area contributed by atoms with E-state index >= 15 is 0 Å². The highest BCUT2D eigenvalue weighted by molar-refractivity contribution is 5.78. The molecule has 2 aliphatic heterocycles. The van der Waals surface area contributed by atoms with Crippen molar-refractivity contribution in [3.63, 3.8) is 0 Å². The standard InChI is InChI=1S/C36H45N3O7/c1-23-16-27(37-3)17-24(2)34(23)44-22-33(41)38-28(18-25-10-6-4-7-11-25)20-31(40)30(19-26-12-8-5-9-13-26)39-36(42)46-32-21-45-35-29(32)14-15-43-35/h4-13,16-17,28-32,35,37,40H,14-15,18-22H2,1-3H3,(H,38,41)(H,39,42)/t28-,29-,30-,31-,32-,35+/m0/s1. The zero-order chi connectivity index (χ0) is 32.5. The largest absolute Gasteiger partial charge is 0.483 e. The Morgan fingerprint density at radius 1 is 0.935 bits per heavy atom. The number of carbonyl (C=O) groups excluding carboxylic acids is 2. The van der Waals surface area contributed by atoms with Gasteiger partial charge in [-0.1, -0.05) is 60.7 Å². The van der Waals surface area contributed by atoms with Crippen LogP contribution in [0.25, 0.3) is 0 Å². The van der Waals surface area contributed by atoms with Gasteiger partial charge in [-0.25, -0.2) is 4.79 Å². The first-order valence-corrected chi connectivity index (χ1v) is 16.0. The SMILES string of the molecule is CNc1cc(C)c(OCC(=O)N[C@@H](Cc2ccccc2)C[C@H](O)[C@H](Cc2ccccc2)NC(=O)O[C@H]2CO[C@H]3OCC[C@H]32)c(C)c1. The number of aliphatic hydroxyl groups is 1. The summed E-state index contributed by atoms with van der Waals surface area (Å²) < 4.78 is 22.9. The molecule has 3 aromatic carbocycles. The molecule has 0 saturated carbocycles. The molecule has 0 bridgehead atoms. The van der Waals surface area contributed by atoms with Gasteiger partial charge in [-0.05, 0) is 73.9 Å². The number of carbonyl (C=O) groups is 2.